The van der Waals surface area contributed by atoms with E-state index in [0.29, 0.717) is 13.1 Å². The third-order valence-electron chi connectivity index (χ3n) is 4.01. The topological polar surface area (TPSA) is 72.9 Å². The lowest BCUT2D eigenvalue weighted by Gasteiger charge is -2.07. The molecule has 3 N–H and O–H groups in total. The number of carbonyl (C=O) groups excluding carboxylic acids is 1. The molecule has 5 nitrogen and oxygen atoms in total. The lowest BCUT2D eigenvalue weighted by atomic mass is 10.1. The number of primary amides is 1. The van der Waals surface area contributed by atoms with Crippen LogP contribution in [-0.2, 0) is 24.4 Å². The van der Waals surface area contributed by atoms with Gasteiger partial charge in [0.15, 0.2) is 0 Å². The minimum absolute atomic E-state index is 0.201. The van der Waals surface area contributed by atoms with Crippen LogP contribution < -0.4 is 11.1 Å². The number of aromatic nitrogens is 2. The molecule has 0 bridgehead atoms. The Bertz CT molecular complexity index is 824. The average molecular weight is 308 g/mol. The van der Waals surface area contributed by atoms with E-state index in [1.54, 1.807) is 6.20 Å². The van der Waals surface area contributed by atoms with Crippen molar-refractivity contribution in [3.63, 3.8) is 0 Å². The SMILES string of the molecule is Cc1c(CNCc2ccccn2)c2ccccc2n1CC(N)=O. The number of rotatable bonds is 6. The van der Waals surface area contributed by atoms with Crippen LogP contribution in [0.4, 0.5) is 0 Å². The van der Waals surface area contributed by atoms with Crippen LogP contribution in [0.15, 0.2) is 48.7 Å². The monoisotopic (exact) mass is 308 g/mol. The summed E-state index contributed by atoms with van der Waals surface area (Å²) in [5.41, 5.74) is 9.69. The Hall–Kier alpha value is -2.66. The number of nitrogens with one attached hydrogen (secondary N) is 1. The zero-order valence-electron chi connectivity index (χ0n) is 13.1. The van der Waals surface area contributed by atoms with Crippen molar-refractivity contribution in [2.24, 2.45) is 5.73 Å². The van der Waals surface area contributed by atoms with Gasteiger partial charge in [0.25, 0.3) is 0 Å². The highest BCUT2D eigenvalue weighted by molar-refractivity contribution is 5.87. The number of hydrogen-bond donors (Lipinski definition) is 2. The first-order valence-corrected chi connectivity index (χ1v) is 7.62. The second-order valence-corrected chi connectivity index (χ2v) is 5.56. The van der Waals surface area contributed by atoms with Crippen molar-refractivity contribution in [1.29, 1.82) is 0 Å². The lowest BCUT2D eigenvalue weighted by Crippen LogP contribution is -2.20. The molecule has 1 aromatic carbocycles. The molecule has 3 rings (SSSR count). The van der Waals surface area contributed by atoms with E-state index in [4.69, 9.17) is 5.73 Å². The molecule has 0 fully saturated rings. The van der Waals surface area contributed by atoms with Crippen LogP contribution >= 0.6 is 0 Å². The first-order valence-electron chi connectivity index (χ1n) is 7.62. The van der Waals surface area contributed by atoms with Gasteiger partial charge >= 0.3 is 0 Å². The fourth-order valence-electron chi connectivity index (χ4n) is 2.90. The van der Waals surface area contributed by atoms with Gasteiger partial charge < -0.3 is 15.6 Å². The summed E-state index contributed by atoms with van der Waals surface area (Å²) in [5, 5.41) is 4.58. The molecular formula is C18H20N4O. The molecule has 0 aliphatic carbocycles. The van der Waals surface area contributed by atoms with Crippen molar-refractivity contribution >= 4 is 16.8 Å². The number of pyridine rings is 1. The second-order valence-electron chi connectivity index (χ2n) is 5.56. The van der Waals surface area contributed by atoms with Gasteiger partial charge in [-0.15, -0.1) is 0 Å². The van der Waals surface area contributed by atoms with Gasteiger partial charge in [0.1, 0.15) is 6.54 Å². The number of nitrogens with zero attached hydrogens (tertiary/aromatic N) is 2. The summed E-state index contributed by atoms with van der Waals surface area (Å²) >= 11 is 0. The fraction of sp³-hybridized carbons (Fsp3) is 0.222. The van der Waals surface area contributed by atoms with Crippen LogP contribution in [0, 0.1) is 6.92 Å². The largest absolute Gasteiger partial charge is 0.368 e. The molecule has 5 heteroatoms. The van der Waals surface area contributed by atoms with Gasteiger partial charge in [-0.05, 0) is 30.7 Å². The number of para-hydroxylation sites is 1. The quantitative estimate of drug-likeness (QED) is 0.732. The first-order chi connectivity index (χ1) is 11.2. The third kappa shape index (κ3) is 3.24. The number of benzene rings is 1. The molecule has 2 heterocycles. The Morgan fingerprint density at radius 1 is 1.17 bits per heavy atom. The van der Waals surface area contributed by atoms with Crippen molar-refractivity contribution in [3.05, 3.63) is 65.6 Å². The minimum Gasteiger partial charge on any atom is -0.368 e. The molecule has 0 radical (unpaired) electrons. The lowest BCUT2D eigenvalue weighted by molar-refractivity contribution is -0.118. The average Bonchev–Trinajstić information content (AvgIpc) is 2.81. The Kier molecular flexibility index (Phi) is 4.39. The first kappa shape index (κ1) is 15.2. The third-order valence-corrected chi connectivity index (χ3v) is 4.01. The molecule has 2 aromatic heterocycles. The highest BCUT2D eigenvalue weighted by atomic mass is 16.1. The Labute approximate surface area is 135 Å². The Balaban J connectivity index is 1.85. The van der Waals surface area contributed by atoms with E-state index >= 15 is 0 Å². The molecule has 0 atom stereocenters. The Morgan fingerprint density at radius 3 is 2.70 bits per heavy atom. The van der Waals surface area contributed by atoms with Gasteiger partial charge in [-0.3, -0.25) is 9.78 Å². The molecule has 118 valence electrons. The summed E-state index contributed by atoms with van der Waals surface area (Å²) in [5.74, 6) is -0.332. The zero-order valence-corrected chi connectivity index (χ0v) is 13.1. The summed E-state index contributed by atoms with van der Waals surface area (Å²) in [6.07, 6.45) is 1.79. The van der Waals surface area contributed by atoms with Crippen molar-refractivity contribution in [1.82, 2.24) is 14.9 Å². The minimum atomic E-state index is -0.332. The van der Waals surface area contributed by atoms with Gasteiger partial charge in [-0.2, -0.15) is 0 Å². The molecule has 0 spiro atoms. The van der Waals surface area contributed by atoms with E-state index < -0.39 is 0 Å². The van der Waals surface area contributed by atoms with E-state index in [0.717, 1.165) is 22.3 Å². The van der Waals surface area contributed by atoms with Gasteiger partial charge in [0, 0.05) is 35.9 Å². The summed E-state index contributed by atoms with van der Waals surface area (Å²) in [4.78, 5) is 15.7. The molecule has 0 aliphatic heterocycles. The number of fused-ring (bicyclic) bond motifs is 1. The van der Waals surface area contributed by atoms with Crippen LogP contribution in [0.1, 0.15) is 17.0 Å². The van der Waals surface area contributed by atoms with Crippen molar-refractivity contribution in [3.8, 4) is 0 Å². The normalized spacial score (nSPS) is 11.0. The van der Waals surface area contributed by atoms with Crippen LogP contribution in [-0.4, -0.2) is 15.5 Å². The van der Waals surface area contributed by atoms with Gasteiger partial charge in [0.2, 0.25) is 5.91 Å². The number of carbonyl (C=O) groups is 1. The molecule has 1 amide bonds. The van der Waals surface area contributed by atoms with Gasteiger partial charge in [-0.1, -0.05) is 24.3 Å². The molecule has 0 unspecified atom stereocenters. The second kappa shape index (κ2) is 6.62. The van der Waals surface area contributed by atoms with Crippen molar-refractivity contribution < 1.29 is 4.79 Å². The van der Waals surface area contributed by atoms with E-state index in [1.807, 2.05) is 47.9 Å². The Morgan fingerprint density at radius 2 is 1.96 bits per heavy atom. The summed E-state index contributed by atoms with van der Waals surface area (Å²) in [6.45, 7) is 3.65. The predicted octanol–water partition coefficient (Wildman–Crippen LogP) is 2.12. The molecule has 0 aliphatic rings. The van der Waals surface area contributed by atoms with Crippen LogP contribution in [0.2, 0.25) is 0 Å². The van der Waals surface area contributed by atoms with E-state index in [1.165, 1.54) is 5.56 Å². The number of nitrogens with two attached hydrogens (primary N) is 1. The molecule has 0 saturated carbocycles. The number of amides is 1. The van der Waals surface area contributed by atoms with Crippen molar-refractivity contribution in [2.45, 2.75) is 26.6 Å². The maximum Gasteiger partial charge on any atom is 0.237 e. The van der Waals surface area contributed by atoms with Crippen molar-refractivity contribution in [2.75, 3.05) is 0 Å². The molecular weight excluding hydrogens is 288 g/mol. The maximum atomic E-state index is 11.4. The highest BCUT2D eigenvalue weighted by Gasteiger charge is 2.14. The smallest absolute Gasteiger partial charge is 0.237 e. The van der Waals surface area contributed by atoms with Gasteiger partial charge in [-0.25, -0.2) is 0 Å². The van der Waals surface area contributed by atoms with Crippen LogP contribution in [0.25, 0.3) is 10.9 Å². The molecule has 0 saturated heterocycles. The molecule has 23 heavy (non-hydrogen) atoms. The van der Waals surface area contributed by atoms with Crippen LogP contribution in [0.5, 0.6) is 0 Å². The van der Waals surface area contributed by atoms with Gasteiger partial charge in [0.05, 0.1) is 5.69 Å². The highest BCUT2D eigenvalue weighted by Crippen LogP contribution is 2.25. The fourth-order valence-corrected chi connectivity index (χ4v) is 2.90. The summed E-state index contributed by atoms with van der Waals surface area (Å²) in [7, 11) is 0. The van der Waals surface area contributed by atoms with E-state index in [2.05, 4.69) is 16.4 Å². The number of hydrogen-bond acceptors (Lipinski definition) is 3. The summed E-state index contributed by atoms with van der Waals surface area (Å²) < 4.78 is 1.98. The van der Waals surface area contributed by atoms with E-state index in [9.17, 15) is 4.79 Å². The zero-order chi connectivity index (χ0) is 16.2. The molecule has 3 aromatic rings. The summed E-state index contributed by atoms with van der Waals surface area (Å²) in [6, 6.07) is 14.0. The maximum absolute atomic E-state index is 11.4. The standard InChI is InChI=1S/C18H20N4O/c1-13-16(11-20-10-14-6-4-5-9-21-14)15-7-2-3-8-17(15)22(13)12-18(19)23/h2-9,20H,10-12H2,1H3,(H2,19,23). The predicted molar refractivity (Wildman–Crippen MR) is 90.7 cm³/mol. The van der Waals surface area contributed by atoms with Crippen LogP contribution in [0.3, 0.4) is 0 Å². The van der Waals surface area contributed by atoms with E-state index in [-0.39, 0.29) is 12.5 Å².